The minimum Gasteiger partial charge on any atom is -0.457 e. The van der Waals surface area contributed by atoms with Crippen LogP contribution in [-0.2, 0) is 19.1 Å². The summed E-state index contributed by atoms with van der Waals surface area (Å²) in [6, 6.07) is 19.2. The van der Waals surface area contributed by atoms with Crippen molar-refractivity contribution in [2.75, 3.05) is 18.1 Å². The Labute approximate surface area is 224 Å². The monoisotopic (exact) mass is 535 g/mol. The van der Waals surface area contributed by atoms with Gasteiger partial charge in [0.2, 0.25) is 5.91 Å². The van der Waals surface area contributed by atoms with Gasteiger partial charge in [-0.05, 0) is 73.5 Å². The Morgan fingerprint density at radius 2 is 1.66 bits per heavy atom. The predicted molar refractivity (Wildman–Crippen MR) is 141 cm³/mol. The summed E-state index contributed by atoms with van der Waals surface area (Å²) in [5.41, 5.74) is 7.47. The van der Waals surface area contributed by atoms with Crippen molar-refractivity contribution in [3.63, 3.8) is 0 Å². The van der Waals surface area contributed by atoms with Crippen molar-refractivity contribution in [1.82, 2.24) is 10.9 Å². The summed E-state index contributed by atoms with van der Waals surface area (Å²) in [5, 5.41) is 0.227. The fraction of sp³-hybridized carbons (Fsp3) is 0.214. The molecule has 196 valence electrons. The maximum Gasteiger partial charge on any atom is 0.311 e. The van der Waals surface area contributed by atoms with Crippen LogP contribution >= 0.6 is 11.6 Å². The number of hydrazine groups is 1. The summed E-state index contributed by atoms with van der Waals surface area (Å²) < 4.78 is 10.9. The van der Waals surface area contributed by atoms with Gasteiger partial charge in [-0.3, -0.25) is 30.0 Å². The molecule has 0 aliphatic carbocycles. The minimum absolute atomic E-state index is 0.0371. The lowest BCUT2D eigenvalue weighted by Gasteiger charge is -2.17. The molecule has 3 aromatic carbocycles. The highest BCUT2D eigenvalue weighted by molar-refractivity contribution is 6.33. The third kappa shape index (κ3) is 6.49. The van der Waals surface area contributed by atoms with Crippen LogP contribution < -0.4 is 20.5 Å². The first-order valence-corrected chi connectivity index (χ1v) is 12.2. The first-order valence-electron chi connectivity index (χ1n) is 11.9. The molecule has 3 amide bonds. The van der Waals surface area contributed by atoms with Crippen LogP contribution in [0.15, 0.2) is 66.7 Å². The van der Waals surface area contributed by atoms with Crippen molar-refractivity contribution in [1.29, 1.82) is 0 Å². The van der Waals surface area contributed by atoms with Gasteiger partial charge in [0.05, 0.1) is 16.5 Å². The van der Waals surface area contributed by atoms with E-state index in [4.69, 9.17) is 21.1 Å². The van der Waals surface area contributed by atoms with Crippen molar-refractivity contribution in [3.8, 4) is 11.5 Å². The SMILES string of the molecule is Cc1ccc(Oc2ccc(N3C[C@H](C(=O)OCC(=O)NNC(=O)c4ccccc4Cl)CC3=O)cc2)cc1C. The number of halogens is 1. The lowest BCUT2D eigenvalue weighted by molar-refractivity contribution is -0.152. The molecule has 1 heterocycles. The second kappa shape index (κ2) is 11.8. The van der Waals surface area contributed by atoms with E-state index >= 15 is 0 Å². The Hall–Kier alpha value is -4.37. The number of hydrogen-bond donors (Lipinski definition) is 2. The third-order valence-electron chi connectivity index (χ3n) is 6.10. The maximum atomic E-state index is 12.6. The largest absolute Gasteiger partial charge is 0.457 e. The summed E-state index contributed by atoms with van der Waals surface area (Å²) in [7, 11) is 0. The molecular weight excluding hydrogens is 510 g/mol. The molecule has 1 saturated heterocycles. The zero-order chi connectivity index (χ0) is 27.2. The number of benzene rings is 3. The van der Waals surface area contributed by atoms with Crippen molar-refractivity contribution in [2.24, 2.45) is 5.92 Å². The first-order chi connectivity index (χ1) is 18.2. The van der Waals surface area contributed by atoms with Crippen molar-refractivity contribution in [2.45, 2.75) is 20.3 Å². The molecule has 38 heavy (non-hydrogen) atoms. The van der Waals surface area contributed by atoms with Gasteiger partial charge >= 0.3 is 5.97 Å². The second-order valence-corrected chi connectivity index (χ2v) is 9.24. The van der Waals surface area contributed by atoms with E-state index in [9.17, 15) is 19.2 Å². The second-order valence-electron chi connectivity index (χ2n) is 8.84. The molecule has 0 bridgehead atoms. The molecule has 0 unspecified atom stereocenters. The average molecular weight is 536 g/mol. The van der Waals surface area contributed by atoms with Gasteiger partial charge in [0.15, 0.2) is 6.61 Å². The molecule has 1 fully saturated rings. The van der Waals surface area contributed by atoms with Gasteiger partial charge in [0.1, 0.15) is 11.5 Å². The van der Waals surface area contributed by atoms with Crippen LogP contribution in [0.4, 0.5) is 5.69 Å². The van der Waals surface area contributed by atoms with Crippen molar-refractivity contribution < 1.29 is 28.7 Å². The molecule has 0 aromatic heterocycles. The van der Waals surface area contributed by atoms with Crippen molar-refractivity contribution >= 4 is 41.0 Å². The lowest BCUT2D eigenvalue weighted by atomic mass is 10.1. The van der Waals surface area contributed by atoms with Gasteiger partial charge in [-0.2, -0.15) is 0 Å². The summed E-state index contributed by atoms with van der Waals surface area (Å²) in [4.78, 5) is 50.6. The van der Waals surface area contributed by atoms with E-state index in [2.05, 4.69) is 10.9 Å². The number of esters is 1. The van der Waals surface area contributed by atoms with E-state index in [0.29, 0.717) is 17.2 Å². The molecule has 10 heteroatoms. The van der Waals surface area contributed by atoms with Crippen LogP contribution in [0.5, 0.6) is 11.5 Å². The topological polar surface area (TPSA) is 114 Å². The zero-order valence-corrected chi connectivity index (χ0v) is 21.6. The number of nitrogens with one attached hydrogen (secondary N) is 2. The Kier molecular flexibility index (Phi) is 8.28. The number of nitrogens with zero attached hydrogens (tertiary/aromatic N) is 1. The van der Waals surface area contributed by atoms with Gasteiger partial charge in [0.25, 0.3) is 11.8 Å². The third-order valence-corrected chi connectivity index (χ3v) is 6.43. The number of ether oxygens (including phenoxy) is 2. The van der Waals surface area contributed by atoms with Crippen LogP contribution in [0, 0.1) is 19.8 Å². The van der Waals surface area contributed by atoms with Crippen LogP contribution in [0.1, 0.15) is 27.9 Å². The quantitative estimate of drug-likeness (QED) is 0.348. The van der Waals surface area contributed by atoms with Crippen LogP contribution in [0.25, 0.3) is 0 Å². The lowest BCUT2D eigenvalue weighted by Crippen LogP contribution is -2.44. The molecular formula is C28H26ClN3O6. The van der Waals surface area contributed by atoms with Gasteiger partial charge in [-0.15, -0.1) is 0 Å². The van der Waals surface area contributed by atoms with Gasteiger partial charge in [-0.25, -0.2) is 0 Å². The molecule has 3 aromatic rings. The zero-order valence-electron chi connectivity index (χ0n) is 20.8. The number of carbonyl (C=O) groups excluding carboxylic acids is 4. The van der Waals surface area contributed by atoms with E-state index in [1.165, 1.54) is 16.5 Å². The van der Waals surface area contributed by atoms with Crippen molar-refractivity contribution in [3.05, 3.63) is 88.4 Å². The predicted octanol–water partition coefficient (Wildman–Crippen LogP) is 4.11. The van der Waals surface area contributed by atoms with E-state index < -0.39 is 30.3 Å². The normalized spacial score (nSPS) is 14.7. The number of amides is 3. The number of anilines is 1. The smallest absolute Gasteiger partial charge is 0.311 e. The molecule has 4 rings (SSSR count). The Balaban J connectivity index is 1.25. The Bertz CT molecular complexity index is 1380. The van der Waals surface area contributed by atoms with Gasteiger partial charge in [0, 0.05) is 18.7 Å². The molecule has 2 N–H and O–H groups in total. The van der Waals surface area contributed by atoms with E-state index in [0.717, 1.165) is 5.56 Å². The average Bonchev–Trinajstić information content (AvgIpc) is 3.30. The minimum atomic E-state index is -0.737. The summed E-state index contributed by atoms with van der Waals surface area (Å²) >= 11 is 5.95. The highest BCUT2D eigenvalue weighted by Gasteiger charge is 2.36. The molecule has 0 spiro atoms. The Morgan fingerprint density at radius 1 is 0.947 bits per heavy atom. The van der Waals surface area contributed by atoms with Crippen LogP contribution in [0.2, 0.25) is 5.02 Å². The molecule has 1 aliphatic heterocycles. The Morgan fingerprint density at radius 3 is 2.37 bits per heavy atom. The number of aryl methyl sites for hydroxylation is 2. The fourth-order valence-electron chi connectivity index (χ4n) is 3.85. The number of rotatable bonds is 7. The van der Waals surface area contributed by atoms with E-state index in [1.54, 1.807) is 42.5 Å². The molecule has 9 nitrogen and oxygen atoms in total. The molecule has 0 radical (unpaired) electrons. The fourth-order valence-corrected chi connectivity index (χ4v) is 4.07. The van der Waals surface area contributed by atoms with Gasteiger partial charge in [-0.1, -0.05) is 29.8 Å². The highest BCUT2D eigenvalue weighted by atomic mass is 35.5. The summed E-state index contributed by atoms with van der Waals surface area (Å²) in [6.07, 6.45) is -0.0371. The first kappa shape index (κ1) is 26.7. The molecule has 1 atom stereocenters. The highest BCUT2D eigenvalue weighted by Crippen LogP contribution is 2.29. The van der Waals surface area contributed by atoms with E-state index in [-0.39, 0.29) is 29.5 Å². The van der Waals surface area contributed by atoms with Crippen LogP contribution in [0.3, 0.4) is 0 Å². The maximum absolute atomic E-state index is 12.6. The van der Waals surface area contributed by atoms with Crippen LogP contribution in [-0.4, -0.2) is 36.8 Å². The number of hydrogen-bond acceptors (Lipinski definition) is 6. The summed E-state index contributed by atoms with van der Waals surface area (Å²) in [5.74, 6) is -1.65. The van der Waals surface area contributed by atoms with Gasteiger partial charge < -0.3 is 14.4 Å². The number of carbonyl (C=O) groups is 4. The standard InChI is InChI=1S/C28H26ClN3O6/c1-17-7-10-22(13-18(17)2)38-21-11-8-20(9-12-21)32-15-19(14-26(32)34)28(36)37-16-25(33)30-31-27(35)23-5-3-4-6-24(23)29/h3-13,19H,14-16H2,1-2H3,(H,30,33)(H,31,35)/t19-/m1/s1. The molecule has 1 aliphatic rings. The summed E-state index contributed by atoms with van der Waals surface area (Å²) in [6.45, 7) is 3.55. The van der Waals surface area contributed by atoms with E-state index in [1.807, 2.05) is 32.0 Å². The molecule has 0 saturated carbocycles.